The topological polar surface area (TPSA) is 70.1 Å². The Kier molecular flexibility index (Phi) is 5.27. The van der Waals surface area contributed by atoms with E-state index in [0.29, 0.717) is 30.6 Å². The van der Waals surface area contributed by atoms with E-state index in [0.717, 1.165) is 29.9 Å². The smallest absolute Gasteiger partial charge is 0.339 e. The summed E-state index contributed by atoms with van der Waals surface area (Å²) in [6.45, 7) is 2.69. The number of ether oxygens (including phenoxy) is 1. The first kappa shape index (κ1) is 20.1. The lowest BCUT2D eigenvalue weighted by Gasteiger charge is -2.36. The number of phenols is 1. The van der Waals surface area contributed by atoms with Gasteiger partial charge in [0.05, 0.1) is 5.56 Å². The monoisotopic (exact) mass is 428 g/mol. The van der Waals surface area contributed by atoms with Crippen molar-refractivity contribution >= 4 is 17.6 Å². The molecular formula is C26H24N2O4. The molecule has 1 N–H and O–H groups in total. The summed E-state index contributed by atoms with van der Waals surface area (Å²) in [6.07, 6.45) is 0.219. The van der Waals surface area contributed by atoms with Gasteiger partial charge in [0.2, 0.25) is 0 Å². The molecule has 6 nitrogen and oxygen atoms in total. The fourth-order valence-corrected chi connectivity index (χ4v) is 4.40. The summed E-state index contributed by atoms with van der Waals surface area (Å²) in [7, 11) is 0. The normalized spacial score (nSPS) is 18.1. The Hall–Kier alpha value is -3.80. The third-order valence-electron chi connectivity index (χ3n) is 6.18. The molecule has 0 spiro atoms. The zero-order valence-corrected chi connectivity index (χ0v) is 17.6. The first-order valence-electron chi connectivity index (χ1n) is 10.8. The van der Waals surface area contributed by atoms with Gasteiger partial charge in [-0.05, 0) is 53.6 Å². The van der Waals surface area contributed by atoms with Crippen molar-refractivity contribution in [2.75, 3.05) is 31.1 Å². The van der Waals surface area contributed by atoms with Crippen molar-refractivity contribution < 1.29 is 19.4 Å². The summed E-state index contributed by atoms with van der Waals surface area (Å²) in [4.78, 5) is 29.7. The summed E-state index contributed by atoms with van der Waals surface area (Å²) in [5.74, 6) is -0.122. The van der Waals surface area contributed by atoms with Crippen molar-refractivity contribution in [3.8, 4) is 5.75 Å². The van der Waals surface area contributed by atoms with Crippen LogP contribution in [0.3, 0.4) is 0 Å². The van der Waals surface area contributed by atoms with Crippen LogP contribution in [0.25, 0.3) is 0 Å². The molecule has 0 aliphatic carbocycles. The van der Waals surface area contributed by atoms with Gasteiger partial charge in [0, 0.05) is 43.9 Å². The lowest BCUT2D eigenvalue weighted by molar-refractivity contribution is 0.0252. The Morgan fingerprint density at radius 1 is 0.906 bits per heavy atom. The second-order valence-electron chi connectivity index (χ2n) is 8.18. The van der Waals surface area contributed by atoms with Crippen LogP contribution in [-0.4, -0.2) is 48.1 Å². The van der Waals surface area contributed by atoms with Gasteiger partial charge in [-0.15, -0.1) is 0 Å². The summed E-state index contributed by atoms with van der Waals surface area (Å²) < 4.78 is 5.62. The Bertz CT molecular complexity index is 1140. The molecule has 3 aromatic carbocycles. The SMILES string of the molecule is O=C1O[C@H](c2ccccc2)Cc2cc(C(=O)N3CCN(c4ccc(O)cc4)CC3)ccc21. The number of cyclic esters (lactones) is 1. The summed E-state index contributed by atoms with van der Waals surface area (Å²) in [6, 6.07) is 22.1. The maximum atomic E-state index is 13.2. The van der Waals surface area contributed by atoms with Gasteiger partial charge in [0.15, 0.2) is 0 Å². The Balaban J connectivity index is 1.29. The minimum Gasteiger partial charge on any atom is -0.508 e. The molecule has 0 saturated carbocycles. The molecule has 2 heterocycles. The van der Waals surface area contributed by atoms with Crippen molar-refractivity contribution in [3.05, 3.63) is 95.1 Å². The number of hydrogen-bond acceptors (Lipinski definition) is 5. The van der Waals surface area contributed by atoms with Gasteiger partial charge in [0.1, 0.15) is 11.9 Å². The third kappa shape index (κ3) is 3.91. The number of esters is 1. The van der Waals surface area contributed by atoms with E-state index >= 15 is 0 Å². The molecule has 1 fully saturated rings. The number of amides is 1. The molecule has 0 radical (unpaired) electrons. The molecule has 162 valence electrons. The Morgan fingerprint density at radius 2 is 1.62 bits per heavy atom. The molecule has 1 saturated heterocycles. The number of hydrogen-bond donors (Lipinski definition) is 1. The van der Waals surface area contributed by atoms with E-state index in [1.165, 1.54) is 0 Å². The van der Waals surface area contributed by atoms with Crippen LogP contribution < -0.4 is 4.90 Å². The van der Waals surface area contributed by atoms with E-state index in [1.807, 2.05) is 53.4 Å². The highest BCUT2D eigenvalue weighted by Gasteiger charge is 2.29. The lowest BCUT2D eigenvalue weighted by atomic mass is 9.93. The minimum absolute atomic E-state index is 0.0200. The number of nitrogens with zero attached hydrogens (tertiary/aromatic N) is 2. The maximum Gasteiger partial charge on any atom is 0.339 e. The molecule has 2 aliphatic rings. The van der Waals surface area contributed by atoms with Gasteiger partial charge in [-0.3, -0.25) is 4.79 Å². The second-order valence-corrected chi connectivity index (χ2v) is 8.18. The van der Waals surface area contributed by atoms with Crippen molar-refractivity contribution in [2.24, 2.45) is 0 Å². The number of piperazine rings is 1. The van der Waals surface area contributed by atoms with E-state index in [-0.39, 0.29) is 23.7 Å². The molecule has 0 unspecified atom stereocenters. The highest BCUT2D eigenvalue weighted by molar-refractivity contribution is 5.98. The predicted molar refractivity (Wildman–Crippen MR) is 121 cm³/mol. The maximum absolute atomic E-state index is 13.2. The second kappa shape index (κ2) is 8.38. The summed E-state index contributed by atoms with van der Waals surface area (Å²) in [5.41, 5.74) is 3.97. The van der Waals surface area contributed by atoms with Gasteiger partial charge in [-0.2, -0.15) is 0 Å². The molecule has 2 aliphatic heterocycles. The van der Waals surface area contributed by atoms with Gasteiger partial charge >= 0.3 is 5.97 Å². The number of benzene rings is 3. The predicted octanol–water partition coefficient (Wildman–Crippen LogP) is 3.81. The van der Waals surface area contributed by atoms with E-state index in [9.17, 15) is 14.7 Å². The number of aromatic hydroxyl groups is 1. The van der Waals surface area contributed by atoms with Crippen molar-refractivity contribution in [2.45, 2.75) is 12.5 Å². The third-order valence-corrected chi connectivity index (χ3v) is 6.18. The largest absolute Gasteiger partial charge is 0.508 e. The molecule has 1 atom stereocenters. The quantitative estimate of drug-likeness (QED) is 0.643. The van der Waals surface area contributed by atoms with Gasteiger partial charge in [0.25, 0.3) is 5.91 Å². The summed E-state index contributed by atoms with van der Waals surface area (Å²) in [5, 5.41) is 9.48. The summed E-state index contributed by atoms with van der Waals surface area (Å²) >= 11 is 0. The van der Waals surface area contributed by atoms with E-state index in [1.54, 1.807) is 24.3 Å². The van der Waals surface area contributed by atoms with Crippen LogP contribution in [-0.2, 0) is 11.2 Å². The molecule has 5 rings (SSSR count). The van der Waals surface area contributed by atoms with Gasteiger partial charge in [-0.1, -0.05) is 30.3 Å². The minimum atomic E-state index is -0.346. The zero-order chi connectivity index (χ0) is 22.1. The van der Waals surface area contributed by atoms with E-state index in [4.69, 9.17) is 4.74 Å². The Morgan fingerprint density at radius 3 is 2.34 bits per heavy atom. The Labute approximate surface area is 186 Å². The zero-order valence-electron chi connectivity index (χ0n) is 17.6. The van der Waals surface area contributed by atoms with Crippen LogP contribution in [0.4, 0.5) is 5.69 Å². The number of carbonyl (C=O) groups is 2. The van der Waals surface area contributed by atoms with Crippen LogP contribution in [0.15, 0.2) is 72.8 Å². The number of carbonyl (C=O) groups excluding carboxylic acids is 2. The number of phenolic OH excluding ortho intramolecular Hbond substituents is 1. The molecule has 0 bridgehead atoms. The van der Waals surface area contributed by atoms with Crippen LogP contribution in [0.5, 0.6) is 5.75 Å². The lowest BCUT2D eigenvalue weighted by Crippen LogP contribution is -2.48. The molecule has 0 aromatic heterocycles. The van der Waals surface area contributed by atoms with Crippen LogP contribution in [0.1, 0.15) is 37.9 Å². The first-order valence-corrected chi connectivity index (χ1v) is 10.8. The van der Waals surface area contributed by atoms with E-state index in [2.05, 4.69) is 4.90 Å². The van der Waals surface area contributed by atoms with Crippen molar-refractivity contribution in [1.29, 1.82) is 0 Å². The standard InChI is InChI=1S/C26H24N2O4/c29-22-9-7-21(8-10-22)27-12-14-28(15-13-27)25(30)19-6-11-23-20(16-19)17-24(32-26(23)31)18-4-2-1-3-5-18/h1-11,16,24,29H,12-15,17H2/t24-/m0/s1. The fourth-order valence-electron chi connectivity index (χ4n) is 4.40. The highest BCUT2D eigenvalue weighted by Crippen LogP contribution is 2.31. The number of anilines is 1. The van der Waals surface area contributed by atoms with Crippen LogP contribution in [0, 0.1) is 0 Å². The number of fused-ring (bicyclic) bond motifs is 1. The average Bonchev–Trinajstić information content (AvgIpc) is 2.84. The average molecular weight is 428 g/mol. The molecule has 6 heteroatoms. The number of rotatable bonds is 3. The van der Waals surface area contributed by atoms with Crippen molar-refractivity contribution in [1.82, 2.24) is 4.90 Å². The molecule has 1 amide bonds. The van der Waals surface area contributed by atoms with Crippen molar-refractivity contribution in [3.63, 3.8) is 0 Å². The first-order chi connectivity index (χ1) is 15.6. The van der Waals surface area contributed by atoms with Gasteiger partial charge in [-0.25, -0.2) is 4.79 Å². The van der Waals surface area contributed by atoms with E-state index < -0.39 is 0 Å². The molecule has 3 aromatic rings. The highest BCUT2D eigenvalue weighted by atomic mass is 16.5. The van der Waals surface area contributed by atoms with Crippen LogP contribution >= 0.6 is 0 Å². The molecular weight excluding hydrogens is 404 g/mol. The molecule has 32 heavy (non-hydrogen) atoms. The van der Waals surface area contributed by atoms with Gasteiger partial charge < -0.3 is 19.6 Å². The van der Waals surface area contributed by atoms with Crippen LogP contribution in [0.2, 0.25) is 0 Å². The fraction of sp³-hybridized carbons (Fsp3) is 0.231.